The molecule has 0 radical (unpaired) electrons. The molecular weight excluding hydrogens is 711 g/mol. The third-order valence-electron chi connectivity index (χ3n) is 9.57. The Hall–Kier alpha value is -5.45. The van der Waals surface area contributed by atoms with E-state index in [4.69, 9.17) is 29.2 Å². The number of unbranched alkanes of at least 4 members (excludes halogenated alkanes) is 5. The van der Waals surface area contributed by atoms with Gasteiger partial charge in [0.05, 0.1) is 25.9 Å². The first-order chi connectivity index (χ1) is 27.4. The van der Waals surface area contributed by atoms with Gasteiger partial charge in [0.25, 0.3) is 0 Å². The predicted octanol–water partition coefficient (Wildman–Crippen LogP) is 10.1. The number of allylic oxidation sites excluding steroid dienone is 3. The third-order valence-corrected chi connectivity index (χ3v) is 9.57. The number of para-hydroxylation sites is 1. The molecule has 1 fully saturated rings. The summed E-state index contributed by atoms with van der Waals surface area (Å²) in [5, 5.41) is 28.5. The van der Waals surface area contributed by atoms with Gasteiger partial charge < -0.3 is 34.3 Å². The van der Waals surface area contributed by atoms with Gasteiger partial charge in [-0.05, 0) is 105 Å². The minimum atomic E-state index is -0.826. The number of carboxylic acids is 2. The molecule has 4 aromatic rings. The molecule has 3 aromatic carbocycles. The summed E-state index contributed by atoms with van der Waals surface area (Å²) in [5.41, 5.74) is 4.69. The van der Waals surface area contributed by atoms with E-state index >= 15 is 0 Å². The van der Waals surface area contributed by atoms with Crippen molar-refractivity contribution >= 4 is 17.5 Å². The number of rotatable bonds is 23. The highest BCUT2D eigenvalue weighted by atomic mass is 16.7. The second kappa shape index (κ2) is 22.8. The van der Waals surface area contributed by atoms with Crippen molar-refractivity contribution in [3.63, 3.8) is 0 Å². The molecule has 0 saturated carbocycles. The van der Waals surface area contributed by atoms with Crippen molar-refractivity contribution in [2.24, 2.45) is 5.92 Å². The Labute approximate surface area is 329 Å². The van der Waals surface area contributed by atoms with E-state index in [0.717, 1.165) is 72.3 Å². The summed E-state index contributed by atoms with van der Waals surface area (Å²) in [6, 6.07) is 27.0. The van der Waals surface area contributed by atoms with Gasteiger partial charge in [0, 0.05) is 47.8 Å². The second-order valence-corrected chi connectivity index (χ2v) is 13.9. The summed E-state index contributed by atoms with van der Waals surface area (Å²) in [7, 11) is 0. The van der Waals surface area contributed by atoms with E-state index < -0.39 is 24.3 Å². The fourth-order valence-corrected chi connectivity index (χ4v) is 6.61. The Morgan fingerprint density at radius 1 is 0.750 bits per heavy atom. The summed E-state index contributed by atoms with van der Waals surface area (Å²) < 4.78 is 24.8. The smallest absolute Gasteiger partial charge is 0.303 e. The number of aromatic nitrogens is 1. The monoisotopic (exact) mass is 763 g/mol. The van der Waals surface area contributed by atoms with Gasteiger partial charge in [0.1, 0.15) is 17.2 Å². The summed E-state index contributed by atoms with van der Waals surface area (Å²) in [6.07, 6.45) is 16.0. The second-order valence-electron chi connectivity index (χ2n) is 13.9. The van der Waals surface area contributed by atoms with Crippen molar-refractivity contribution in [1.82, 2.24) is 4.98 Å². The molecule has 2 heterocycles. The zero-order valence-electron chi connectivity index (χ0n) is 31.8. The number of carbonyl (C=O) groups is 2. The molecular formula is C46H53NO9. The fraction of sp³-hybridized carbons (Fsp3) is 0.370. The van der Waals surface area contributed by atoms with Crippen molar-refractivity contribution < 1.29 is 43.9 Å². The van der Waals surface area contributed by atoms with Gasteiger partial charge in [0.15, 0.2) is 6.29 Å². The lowest BCUT2D eigenvalue weighted by Gasteiger charge is -2.37. The first-order valence-corrected chi connectivity index (χ1v) is 19.6. The van der Waals surface area contributed by atoms with Crippen LogP contribution in [0.3, 0.4) is 0 Å². The highest BCUT2D eigenvalue weighted by Gasteiger charge is 2.34. The number of hydrogen-bond donors (Lipinski definition) is 3. The summed E-state index contributed by atoms with van der Waals surface area (Å²) >= 11 is 0. The molecule has 1 aliphatic heterocycles. The van der Waals surface area contributed by atoms with Gasteiger partial charge in [-0.25, -0.2) is 0 Å². The summed E-state index contributed by atoms with van der Waals surface area (Å²) in [6.45, 7) is 1.62. The maximum Gasteiger partial charge on any atom is 0.303 e. The molecule has 56 heavy (non-hydrogen) atoms. The molecule has 296 valence electrons. The van der Waals surface area contributed by atoms with Gasteiger partial charge in [-0.1, -0.05) is 66.8 Å². The van der Waals surface area contributed by atoms with Crippen LogP contribution >= 0.6 is 0 Å². The van der Waals surface area contributed by atoms with Gasteiger partial charge in [0.2, 0.25) is 0 Å². The van der Waals surface area contributed by atoms with Crippen LogP contribution in [0.25, 0.3) is 5.57 Å². The number of phenolic OH excluding ortho intramolecular Hbond substituents is 1. The Balaban J connectivity index is 1.03. The van der Waals surface area contributed by atoms with Crippen LogP contribution in [0.15, 0.2) is 116 Å². The molecule has 5 rings (SSSR count). The van der Waals surface area contributed by atoms with Gasteiger partial charge in [-0.3, -0.25) is 14.6 Å². The Kier molecular flexibility index (Phi) is 17.0. The lowest BCUT2D eigenvalue weighted by molar-refractivity contribution is -0.244. The SMILES string of the molecule is O=C(O)CC/C=C\C[C@@H]1CO[C@H](c2cccc(OCCCCCCOc3ccc(/C(=C\CCCCC(=O)O)c4cccnc4)cc3)c2)O[C@@H]1c1ccccc1O. The number of carboxylic acid groups (broad SMARTS) is 2. The van der Waals surface area contributed by atoms with Crippen LogP contribution in [0, 0.1) is 5.92 Å². The molecule has 10 nitrogen and oxygen atoms in total. The zero-order valence-corrected chi connectivity index (χ0v) is 31.8. The van der Waals surface area contributed by atoms with Crippen LogP contribution in [0.1, 0.15) is 105 Å². The van der Waals surface area contributed by atoms with E-state index in [2.05, 4.69) is 23.2 Å². The average molecular weight is 764 g/mol. The number of phenols is 1. The van der Waals surface area contributed by atoms with Crippen LogP contribution in [-0.2, 0) is 19.1 Å². The van der Waals surface area contributed by atoms with Crippen LogP contribution in [0.5, 0.6) is 17.2 Å². The number of benzene rings is 3. The molecule has 0 bridgehead atoms. The van der Waals surface area contributed by atoms with Gasteiger partial charge in [-0.15, -0.1) is 0 Å². The van der Waals surface area contributed by atoms with Gasteiger partial charge >= 0.3 is 11.9 Å². The van der Waals surface area contributed by atoms with E-state index in [-0.39, 0.29) is 24.5 Å². The van der Waals surface area contributed by atoms with E-state index in [1.807, 2.05) is 79.0 Å². The molecule has 3 N–H and O–H groups in total. The molecule has 10 heteroatoms. The summed E-state index contributed by atoms with van der Waals surface area (Å²) in [5.74, 6) is 0.0836. The summed E-state index contributed by atoms with van der Waals surface area (Å²) in [4.78, 5) is 26.0. The Morgan fingerprint density at radius 2 is 1.52 bits per heavy atom. The van der Waals surface area contributed by atoms with E-state index in [0.29, 0.717) is 44.6 Å². The van der Waals surface area contributed by atoms with Crippen LogP contribution in [-0.4, -0.2) is 52.1 Å². The van der Waals surface area contributed by atoms with Crippen molar-refractivity contribution in [2.45, 2.75) is 83.0 Å². The maximum atomic E-state index is 10.9. The predicted molar refractivity (Wildman–Crippen MR) is 215 cm³/mol. The molecule has 1 saturated heterocycles. The normalized spacial score (nSPS) is 17.1. The zero-order chi connectivity index (χ0) is 39.4. The molecule has 0 spiro atoms. The third kappa shape index (κ3) is 13.7. The van der Waals surface area contributed by atoms with Crippen LogP contribution in [0.4, 0.5) is 0 Å². The molecule has 0 amide bonds. The average Bonchev–Trinajstić information content (AvgIpc) is 3.21. The molecule has 1 aliphatic rings. The van der Waals surface area contributed by atoms with Crippen molar-refractivity contribution in [3.05, 3.63) is 138 Å². The number of aliphatic carboxylic acids is 2. The minimum Gasteiger partial charge on any atom is -0.508 e. The fourth-order valence-electron chi connectivity index (χ4n) is 6.61. The maximum absolute atomic E-state index is 10.9. The highest BCUT2D eigenvalue weighted by molar-refractivity contribution is 5.79. The molecule has 3 atom stereocenters. The number of ether oxygens (including phenoxy) is 4. The highest BCUT2D eigenvalue weighted by Crippen LogP contribution is 2.43. The van der Waals surface area contributed by atoms with Crippen LogP contribution in [0.2, 0.25) is 0 Å². The molecule has 1 aromatic heterocycles. The number of aromatic hydroxyl groups is 1. The Morgan fingerprint density at radius 3 is 2.25 bits per heavy atom. The van der Waals surface area contributed by atoms with E-state index in [1.54, 1.807) is 18.3 Å². The lowest BCUT2D eigenvalue weighted by Crippen LogP contribution is -2.30. The first kappa shape index (κ1) is 41.7. The quantitative estimate of drug-likeness (QED) is 0.0493. The largest absolute Gasteiger partial charge is 0.508 e. The number of hydrogen-bond acceptors (Lipinski definition) is 8. The van der Waals surface area contributed by atoms with Gasteiger partial charge in [-0.2, -0.15) is 0 Å². The van der Waals surface area contributed by atoms with Crippen molar-refractivity contribution in [2.75, 3.05) is 19.8 Å². The lowest BCUT2D eigenvalue weighted by atomic mass is 9.91. The van der Waals surface area contributed by atoms with E-state index in [1.165, 1.54) is 0 Å². The van der Waals surface area contributed by atoms with E-state index in [9.17, 15) is 14.7 Å². The van der Waals surface area contributed by atoms with Crippen molar-refractivity contribution in [3.8, 4) is 17.2 Å². The first-order valence-electron chi connectivity index (χ1n) is 19.6. The molecule has 0 aliphatic carbocycles. The minimum absolute atomic E-state index is 0.0559. The standard InChI is InChI=1S/C46H53NO9/c48-42-21-10-9-20-41(42)45-37(15-5-3-7-22-43(49)50)33-55-46(56-45)35-16-13-18-39(31-35)54-30-12-2-1-11-29-53-38-26-24-34(25-27-38)40(36-17-14-28-47-32-36)19-6-4-8-23-44(51)52/h3,5,9-10,13-14,16-21,24-28,31-32,37,45-46,48H,1-2,4,6-8,11-12,15,22-23,29-30,33H2,(H,49,50)(H,51,52)/b5-3-,40-19+/t37-,45+,46+/m1/s1. The number of nitrogens with zero attached hydrogens (tertiary/aromatic N) is 1. The van der Waals surface area contributed by atoms with Crippen LogP contribution < -0.4 is 9.47 Å². The Bertz CT molecular complexity index is 1860. The van der Waals surface area contributed by atoms with Crippen molar-refractivity contribution in [1.29, 1.82) is 0 Å². The topological polar surface area (TPSA) is 145 Å². The molecule has 0 unspecified atom stereocenters. The number of pyridine rings is 1.